The molecule has 0 unspecified atom stereocenters. The molecule has 0 atom stereocenters. The molecule has 1 amide bonds. The molecule has 0 aliphatic carbocycles. The van der Waals surface area contributed by atoms with Crippen molar-refractivity contribution in [2.24, 2.45) is 5.73 Å². The number of nitrogens with two attached hydrogens (primary N) is 2. The fraction of sp³-hybridized carbons (Fsp3) is 0.235. The largest absolute Gasteiger partial charge is 1.00 e. The van der Waals surface area contributed by atoms with E-state index in [1.807, 2.05) is 0 Å². The van der Waals surface area contributed by atoms with Crippen LogP contribution in [0.2, 0.25) is 5.02 Å². The smallest absolute Gasteiger partial charge is 0.255 e. The van der Waals surface area contributed by atoms with Crippen LogP contribution in [0.4, 0.5) is 4.39 Å². The van der Waals surface area contributed by atoms with Crippen LogP contribution < -0.4 is 32.9 Å². The molecule has 0 radical (unpaired) electrons. The van der Waals surface area contributed by atoms with Gasteiger partial charge < -0.3 is 32.9 Å². The van der Waals surface area contributed by atoms with E-state index in [9.17, 15) is 9.18 Å². The summed E-state index contributed by atoms with van der Waals surface area (Å²) < 4.78 is 23.4. The third kappa shape index (κ3) is 6.42. The summed E-state index contributed by atoms with van der Waals surface area (Å²) in [5, 5.41) is 2.41. The number of carbonyl (C=O) groups is 1. The summed E-state index contributed by atoms with van der Waals surface area (Å²) in [6.07, 6.45) is 0. The average Bonchev–Trinajstić information content (AvgIpc) is 2.55. The van der Waals surface area contributed by atoms with Crippen molar-refractivity contribution in [2.45, 2.75) is 13.1 Å². The zero-order valence-electron chi connectivity index (χ0n) is 13.6. The number of rotatable bonds is 8. The van der Waals surface area contributed by atoms with Crippen molar-refractivity contribution in [2.75, 3.05) is 13.7 Å². The summed E-state index contributed by atoms with van der Waals surface area (Å²) in [6.45, 7) is 1.09. The van der Waals surface area contributed by atoms with Crippen LogP contribution in [0, 0.1) is 5.82 Å². The van der Waals surface area contributed by atoms with E-state index < -0.39 is 5.91 Å². The van der Waals surface area contributed by atoms with Crippen molar-refractivity contribution < 1.29 is 36.4 Å². The van der Waals surface area contributed by atoms with E-state index in [2.05, 4.69) is 5.32 Å². The van der Waals surface area contributed by atoms with Gasteiger partial charge in [0, 0.05) is 11.1 Å². The highest BCUT2D eigenvalue weighted by atomic mass is 35.5. The van der Waals surface area contributed by atoms with Crippen molar-refractivity contribution in [3.63, 3.8) is 0 Å². The van der Waals surface area contributed by atoms with Gasteiger partial charge in [0.15, 0.2) is 18.1 Å². The molecule has 2 aromatic rings. The van der Waals surface area contributed by atoms with Crippen LogP contribution in [0.15, 0.2) is 36.4 Å². The maximum Gasteiger partial charge on any atom is 0.255 e. The topological polar surface area (TPSA) is 78.2 Å². The Hall–Kier alpha value is -2.02. The second-order valence-electron chi connectivity index (χ2n) is 5.19. The minimum atomic E-state index is -0.593. The van der Waals surface area contributed by atoms with Crippen LogP contribution in [-0.2, 0) is 17.9 Å². The minimum absolute atomic E-state index is 0. The van der Waals surface area contributed by atoms with Crippen molar-refractivity contribution in [1.82, 2.24) is 0 Å². The van der Waals surface area contributed by atoms with Gasteiger partial charge in [0.1, 0.15) is 18.9 Å². The Kier molecular flexibility index (Phi) is 8.48. The molecular formula is C17H19Cl2FN2O3. The number of hydrogen-bond donors (Lipinski definition) is 2. The van der Waals surface area contributed by atoms with Crippen LogP contribution in [0.3, 0.4) is 0 Å². The van der Waals surface area contributed by atoms with Gasteiger partial charge in [-0.2, -0.15) is 0 Å². The third-order valence-electron chi connectivity index (χ3n) is 3.32. The zero-order valence-corrected chi connectivity index (χ0v) is 15.1. The fourth-order valence-corrected chi connectivity index (χ4v) is 2.49. The molecule has 0 fully saturated rings. The number of carbonyl (C=O) groups excluding carboxylic acids is 1. The molecule has 4 N–H and O–H groups in total. The standard InChI is InChI=1S/C17H18ClFN2O3.ClH/c1-23-15-7-12(6-14(18)17(15)24-10-16(20)22)9-21-8-11-2-4-13(19)5-3-11;/h2-7,21H,8-10H2,1H3,(H2,20,22);1H. The van der Waals surface area contributed by atoms with Crippen molar-refractivity contribution in [3.8, 4) is 11.5 Å². The average molecular weight is 389 g/mol. The lowest BCUT2D eigenvalue weighted by Crippen LogP contribution is -3.00. The first-order valence-corrected chi connectivity index (χ1v) is 7.71. The molecule has 0 aliphatic rings. The Morgan fingerprint density at radius 1 is 1.20 bits per heavy atom. The first kappa shape index (κ1) is 21.0. The molecule has 136 valence electrons. The second-order valence-corrected chi connectivity index (χ2v) is 5.59. The van der Waals surface area contributed by atoms with E-state index in [4.69, 9.17) is 26.8 Å². The molecule has 25 heavy (non-hydrogen) atoms. The van der Waals surface area contributed by atoms with Crippen LogP contribution in [0.1, 0.15) is 11.1 Å². The SMILES string of the molecule is COc1cc(C[NH2+]Cc2ccc(F)cc2)cc(Cl)c1OCC(N)=O.[Cl-]. The zero-order chi connectivity index (χ0) is 17.5. The summed E-state index contributed by atoms with van der Waals surface area (Å²) in [5.41, 5.74) is 7.03. The summed E-state index contributed by atoms with van der Waals surface area (Å²) in [7, 11) is 1.49. The van der Waals surface area contributed by atoms with Crippen molar-refractivity contribution >= 4 is 17.5 Å². The highest BCUT2D eigenvalue weighted by Gasteiger charge is 2.13. The lowest BCUT2D eigenvalue weighted by molar-refractivity contribution is -0.686. The molecule has 0 aromatic heterocycles. The third-order valence-corrected chi connectivity index (χ3v) is 3.60. The molecule has 0 saturated carbocycles. The van der Waals surface area contributed by atoms with Gasteiger partial charge in [0.2, 0.25) is 0 Å². The van der Waals surface area contributed by atoms with E-state index in [0.717, 1.165) is 11.1 Å². The quantitative estimate of drug-likeness (QED) is 0.584. The second kappa shape index (κ2) is 10.1. The number of quaternary nitrogens is 1. The first-order valence-electron chi connectivity index (χ1n) is 7.33. The van der Waals surface area contributed by atoms with Gasteiger partial charge in [-0.1, -0.05) is 23.7 Å². The molecule has 0 bridgehead atoms. The van der Waals surface area contributed by atoms with E-state index >= 15 is 0 Å². The van der Waals surface area contributed by atoms with E-state index in [0.29, 0.717) is 29.6 Å². The van der Waals surface area contributed by atoms with Gasteiger partial charge in [-0.3, -0.25) is 4.79 Å². The maximum atomic E-state index is 12.9. The number of benzene rings is 2. The van der Waals surface area contributed by atoms with E-state index in [1.54, 1.807) is 24.3 Å². The summed E-state index contributed by atoms with van der Waals surface area (Å²) >= 11 is 6.20. The van der Waals surface area contributed by atoms with Crippen LogP contribution in [0.25, 0.3) is 0 Å². The number of ether oxygens (including phenoxy) is 2. The Bertz CT molecular complexity index is 712. The molecular weight excluding hydrogens is 370 g/mol. The van der Waals surface area contributed by atoms with Crippen LogP contribution in [-0.4, -0.2) is 19.6 Å². The normalized spacial score (nSPS) is 10.0. The van der Waals surface area contributed by atoms with Gasteiger partial charge in [0.05, 0.1) is 12.1 Å². The predicted molar refractivity (Wildman–Crippen MR) is 88.4 cm³/mol. The lowest BCUT2D eigenvalue weighted by atomic mass is 10.2. The highest BCUT2D eigenvalue weighted by Crippen LogP contribution is 2.36. The monoisotopic (exact) mass is 388 g/mol. The molecule has 2 aromatic carbocycles. The molecule has 8 heteroatoms. The Balaban J connectivity index is 0.00000312. The summed E-state index contributed by atoms with van der Waals surface area (Å²) in [6, 6.07) is 9.92. The van der Waals surface area contributed by atoms with E-state index in [1.165, 1.54) is 19.2 Å². The number of amides is 1. The van der Waals surface area contributed by atoms with Gasteiger partial charge in [0.25, 0.3) is 5.91 Å². The Morgan fingerprint density at radius 2 is 1.84 bits per heavy atom. The number of hydrogen-bond acceptors (Lipinski definition) is 3. The molecule has 0 heterocycles. The lowest BCUT2D eigenvalue weighted by Gasteiger charge is -2.13. The first-order chi connectivity index (χ1) is 11.5. The number of methoxy groups -OCH3 is 1. The summed E-state index contributed by atoms with van der Waals surface area (Å²) in [4.78, 5) is 10.8. The maximum absolute atomic E-state index is 12.9. The molecule has 0 saturated heterocycles. The molecule has 2 rings (SSSR count). The number of primary amides is 1. The fourth-order valence-electron chi connectivity index (χ4n) is 2.20. The summed E-state index contributed by atoms with van der Waals surface area (Å²) in [5.74, 6) is -0.110. The Labute approximate surface area is 156 Å². The van der Waals surface area contributed by atoms with Gasteiger partial charge in [-0.05, 0) is 24.3 Å². The predicted octanol–water partition coefficient (Wildman–Crippen LogP) is -1.38. The van der Waals surface area contributed by atoms with Gasteiger partial charge in [-0.25, -0.2) is 4.39 Å². The number of halogens is 3. The van der Waals surface area contributed by atoms with Crippen LogP contribution in [0.5, 0.6) is 11.5 Å². The van der Waals surface area contributed by atoms with Crippen molar-refractivity contribution in [3.05, 3.63) is 58.4 Å². The van der Waals surface area contributed by atoms with Crippen LogP contribution >= 0.6 is 11.6 Å². The molecule has 0 aliphatic heterocycles. The Morgan fingerprint density at radius 3 is 2.44 bits per heavy atom. The van der Waals surface area contributed by atoms with Gasteiger partial charge >= 0.3 is 0 Å². The van der Waals surface area contributed by atoms with E-state index in [-0.39, 0.29) is 24.8 Å². The highest BCUT2D eigenvalue weighted by molar-refractivity contribution is 6.32. The molecule has 5 nitrogen and oxygen atoms in total. The van der Waals surface area contributed by atoms with Crippen molar-refractivity contribution in [1.29, 1.82) is 0 Å². The minimum Gasteiger partial charge on any atom is -1.00 e. The molecule has 0 spiro atoms. The van der Waals surface area contributed by atoms with Gasteiger partial charge in [-0.15, -0.1) is 0 Å².